The van der Waals surface area contributed by atoms with E-state index in [1.807, 2.05) is 0 Å². The molecule has 1 aliphatic rings. The first-order chi connectivity index (χ1) is 15.9. The number of hydrogen-bond donors (Lipinski definition) is 2. The van der Waals surface area contributed by atoms with Crippen molar-refractivity contribution < 1.29 is 52.8 Å². The third-order valence-electron chi connectivity index (χ3n) is 4.67. The van der Waals surface area contributed by atoms with Gasteiger partial charge in [0.25, 0.3) is 0 Å². The molecular formula is C22H27NO11. The summed E-state index contributed by atoms with van der Waals surface area (Å²) in [6, 6.07) is 2.73. The van der Waals surface area contributed by atoms with Crippen molar-refractivity contribution in [2.45, 2.75) is 65.3 Å². The number of rotatable bonds is 8. The van der Waals surface area contributed by atoms with Crippen molar-refractivity contribution in [2.75, 3.05) is 6.61 Å². The first-order valence-electron chi connectivity index (χ1n) is 10.3. The standard InChI is InChI=1S/C22H27NO11/c1-10(24)16-7-6-15(8-17(16)29)33-22-19(23-11(2)25)21(32-14(5)28)20(31-13(4)27)18(34-22)9-30-12(3)26/h6-8,18-22,29H,9H2,1-5H3,(H,23,25)/t18-,19+,20-,21+,22-/m1/s1. The lowest BCUT2D eigenvalue weighted by molar-refractivity contribution is -0.257. The Balaban J connectivity index is 2.47. The van der Waals surface area contributed by atoms with Crippen LogP contribution in [-0.4, -0.2) is 72.0 Å². The van der Waals surface area contributed by atoms with Gasteiger partial charge in [0.2, 0.25) is 12.2 Å². The molecule has 5 atom stereocenters. The molecule has 12 nitrogen and oxygen atoms in total. The minimum atomic E-state index is -1.34. The van der Waals surface area contributed by atoms with E-state index in [1.165, 1.54) is 39.0 Å². The van der Waals surface area contributed by atoms with Crippen molar-refractivity contribution in [3.8, 4) is 11.5 Å². The van der Waals surface area contributed by atoms with Crippen molar-refractivity contribution in [3.63, 3.8) is 0 Å². The van der Waals surface area contributed by atoms with Crippen molar-refractivity contribution >= 4 is 29.6 Å². The van der Waals surface area contributed by atoms with Crippen molar-refractivity contribution in [1.82, 2.24) is 5.32 Å². The molecule has 1 fully saturated rings. The maximum Gasteiger partial charge on any atom is 0.303 e. The third kappa shape index (κ3) is 7.17. The first kappa shape index (κ1) is 26.6. The number of benzene rings is 1. The molecule has 0 aliphatic carbocycles. The summed E-state index contributed by atoms with van der Waals surface area (Å²) in [5.74, 6) is -3.30. The smallest absolute Gasteiger partial charge is 0.303 e. The zero-order chi connectivity index (χ0) is 25.6. The quantitative estimate of drug-likeness (QED) is 0.304. The van der Waals surface area contributed by atoms with Crippen LogP contribution in [0.5, 0.6) is 11.5 Å². The summed E-state index contributed by atoms with van der Waals surface area (Å²) >= 11 is 0. The van der Waals surface area contributed by atoms with E-state index in [0.717, 1.165) is 13.8 Å². The average Bonchev–Trinajstić information content (AvgIpc) is 2.69. The maximum atomic E-state index is 11.9. The van der Waals surface area contributed by atoms with Gasteiger partial charge < -0.3 is 34.1 Å². The molecule has 2 rings (SSSR count). The molecule has 12 heteroatoms. The van der Waals surface area contributed by atoms with Gasteiger partial charge in [-0.25, -0.2) is 0 Å². The lowest BCUT2D eigenvalue weighted by Gasteiger charge is -2.44. The number of aromatic hydroxyl groups is 1. The lowest BCUT2D eigenvalue weighted by Crippen LogP contribution is -2.67. The molecule has 1 amide bonds. The molecular weight excluding hydrogens is 454 g/mol. The highest BCUT2D eigenvalue weighted by Gasteiger charge is 2.52. The lowest BCUT2D eigenvalue weighted by atomic mass is 9.96. The van der Waals surface area contributed by atoms with Crippen LogP contribution in [0.4, 0.5) is 0 Å². The van der Waals surface area contributed by atoms with E-state index in [2.05, 4.69) is 5.32 Å². The average molecular weight is 481 g/mol. The van der Waals surface area contributed by atoms with E-state index in [9.17, 15) is 29.1 Å². The maximum absolute atomic E-state index is 11.9. The van der Waals surface area contributed by atoms with Crippen molar-refractivity contribution in [1.29, 1.82) is 0 Å². The molecule has 1 aromatic carbocycles. The Morgan fingerprint density at radius 2 is 1.56 bits per heavy atom. The molecule has 0 unspecified atom stereocenters. The van der Waals surface area contributed by atoms with Gasteiger partial charge in [0.15, 0.2) is 18.0 Å². The fourth-order valence-electron chi connectivity index (χ4n) is 3.41. The molecule has 186 valence electrons. The van der Waals surface area contributed by atoms with Crippen molar-refractivity contribution in [2.24, 2.45) is 0 Å². The number of phenols is 1. The number of ether oxygens (including phenoxy) is 5. The third-order valence-corrected chi connectivity index (χ3v) is 4.67. The second-order valence-electron chi connectivity index (χ2n) is 7.57. The highest BCUT2D eigenvalue weighted by atomic mass is 16.7. The zero-order valence-corrected chi connectivity index (χ0v) is 19.4. The molecule has 34 heavy (non-hydrogen) atoms. The predicted octanol–water partition coefficient (Wildman–Crippen LogP) is 0.630. The van der Waals surface area contributed by atoms with Crippen LogP contribution in [0.2, 0.25) is 0 Å². The summed E-state index contributed by atoms with van der Waals surface area (Å²) in [5.41, 5.74) is 0.0655. The predicted molar refractivity (Wildman–Crippen MR) is 113 cm³/mol. The highest BCUT2D eigenvalue weighted by Crippen LogP contribution is 2.31. The Labute approximate surface area is 195 Å². The number of Topliss-reactive ketones (excluding diaryl/α,β-unsaturated/α-hetero) is 1. The van der Waals surface area contributed by atoms with Crippen LogP contribution in [-0.2, 0) is 38.1 Å². The van der Waals surface area contributed by atoms with E-state index in [4.69, 9.17) is 23.7 Å². The van der Waals surface area contributed by atoms with Gasteiger partial charge in [0, 0.05) is 33.8 Å². The molecule has 1 aliphatic heterocycles. The van der Waals surface area contributed by atoms with Gasteiger partial charge in [-0.15, -0.1) is 0 Å². The summed E-state index contributed by atoms with van der Waals surface area (Å²) in [6.07, 6.45) is -5.03. The van der Waals surface area contributed by atoms with Crippen LogP contribution < -0.4 is 10.1 Å². The highest BCUT2D eigenvalue weighted by molar-refractivity contribution is 5.96. The first-order valence-corrected chi connectivity index (χ1v) is 10.3. The van der Waals surface area contributed by atoms with Gasteiger partial charge in [-0.05, 0) is 19.1 Å². The van der Waals surface area contributed by atoms with Gasteiger partial charge in [-0.2, -0.15) is 0 Å². The molecule has 0 radical (unpaired) electrons. The van der Waals surface area contributed by atoms with Gasteiger partial charge in [-0.3, -0.25) is 24.0 Å². The molecule has 0 bridgehead atoms. The number of hydrogen-bond acceptors (Lipinski definition) is 11. The zero-order valence-electron chi connectivity index (χ0n) is 19.4. The largest absolute Gasteiger partial charge is 0.507 e. The second kappa shape index (κ2) is 11.5. The van der Waals surface area contributed by atoms with Crippen LogP contribution in [0.15, 0.2) is 18.2 Å². The van der Waals surface area contributed by atoms with Crippen LogP contribution in [0.1, 0.15) is 45.0 Å². The summed E-state index contributed by atoms with van der Waals surface area (Å²) in [4.78, 5) is 58.5. The minimum absolute atomic E-state index is 0.0570. The summed E-state index contributed by atoms with van der Waals surface area (Å²) in [7, 11) is 0. The molecule has 0 spiro atoms. The number of ketones is 1. The van der Waals surface area contributed by atoms with E-state index < -0.39 is 54.5 Å². The van der Waals surface area contributed by atoms with Gasteiger partial charge >= 0.3 is 17.9 Å². The van der Waals surface area contributed by atoms with Gasteiger partial charge in [-0.1, -0.05) is 0 Å². The van der Waals surface area contributed by atoms with Crippen LogP contribution >= 0.6 is 0 Å². The SMILES string of the molecule is CC(=O)N[C@@H]1[C@H](Oc2ccc(C(C)=O)c(O)c2)O[C@H](COC(C)=O)[C@@H](OC(C)=O)[C@H]1OC(C)=O. The topological polar surface area (TPSA) is 164 Å². The van der Waals surface area contributed by atoms with Gasteiger partial charge in [0.1, 0.15) is 30.3 Å². The van der Waals surface area contributed by atoms with E-state index in [1.54, 1.807) is 0 Å². The molecule has 1 saturated heterocycles. The van der Waals surface area contributed by atoms with E-state index in [0.29, 0.717) is 0 Å². The Bertz CT molecular complexity index is 960. The molecule has 0 aromatic heterocycles. The fraction of sp³-hybridized carbons (Fsp3) is 0.500. The van der Waals surface area contributed by atoms with Crippen molar-refractivity contribution in [3.05, 3.63) is 23.8 Å². The molecule has 1 aromatic rings. The Morgan fingerprint density at radius 1 is 0.941 bits per heavy atom. The Morgan fingerprint density at radius 3 is 2.06 bits per heavy atom. The summed E-state index contributed by atoms with van der Waals surface area (Å²) < 4.78 is 27.4. The Kier molecular flexibility index (Phi) is 8.96. The number of carbonyl (C=O) groups is 5. The number of phenolic OH excluding ortho intramolecular Hbond substituents is 1. The van der Waals surface area contributed by atoms with E-state index >= 15 is 0 Å². The van der Waals surface area contributed by atoms with Gasteiger partial charge in [0.05, 0.1) is 5.56 Å². The van der Waals surface area contributed by atoms with Crippen LogP contribution in [0.25, 0.3) is 0 Å². The Hall–Kier alpha value is -3.67. The number of amides is 1. The number of esters is 3. The molecule has 2 N–H and O–H groups in total. The van der Waals surface area contributed by atoms with E-state index in [-0.39, 0.29) is 29.5 Å². The number of nitrogens with one attached hydrogen (secondary N) is 1. The molecule has 1 heterocycles. The monoisotopic (exact) mass is 481 g/mol. The van der Waals surface area contributed by atoms with Crippen LogP contribution in [0.3, 0.4) is 0 Å². The van der Waals surface area contributed by atoms with Crippen LogP contribution in [0, 0.1) is 0 Å². The minimum Gasteiger partial charge on any atom is -0.507 e. The summed E-state index contributed by atoms with van der Waals surface area (Å²) in [5, 5.41) is 12.7. The summed E-state index contributed by atoms with van der Waals surface area (Å²) in [6.45, 7) is 5.53. The fourth-order valence-corrected chi connectivity index (χ4v) is 3.41. The molecule has 0 saturated carbocycles. The number of carbonyl (C=O) groups excluding carboxylic acids is 5. The second-order valence-corrected chi connectivity index (χ2v) is 7.57. The normalized spacial score (nSPS) is 23.9.